The van der Waals surface area contributed by atoms with Crippen LogP contribution in [0.4, 0.5) is 5.69 Å². The van der Waals surface area contributed by atoms with Gasteiger partial charge in [-0.15, -0.1) is 0 Å². The highest BCUT2D eigenvalue weighted by molar-refractivity contribution is 8.00. The van der Waals surface area contributed by atoms with E-state index in [4.69, 9.17) is 29.6 Å². The second-order valence-electron chi connectivity index (χ2n) is 4.04. The Kier molecular flexibility index (Phi) is 4.54. The van der Waals surface area contributed by atoms with Crippen molar-refractivity contribution in [2.24, 2.45) is 5.73 Å². The maximum atomic E-state index is 6.11. The topological polar surface area (TPSA) is 38.0 Å². The smallest absolute Gasteiger partial charge is 0.107 e. The molecule has 1 heterocycles. The van der Waals surface area contributed by atoms with Crippen molar-refractivity contribution in [3.05, 3.63) is 28.8 Å². The molecule has 0 aromatic heterocycles. The normalized spacial score (nSPS) is 19.2. The van der Waals surface area contributed by atoms with Gasteiger partial charge in [-0.1, -0.05) is 29.9 Å². The van der Waals surface area contributed by atoms with Gasteiger partial charge in [0, 0.05) is 17.5 Å². The molecule has 1 aromatic rings. The Morgan fingerprint density at radius 1 is 1.59 bits per heavy atom. The summed E-state index contributed by atoms with van der Waals surface area (Å²) in [5, 5.41) is 4.71. The zero-order valence-electron chi connectivity index (χ0n) is 9.41. The van der Waals surface area contributed by atoms with Gasteiger partial charge in [0.05, 0.1) is 10.6 Å². The molecule has 3 N–H and O–H groups in total. The van der Waals surface area contributed by atoms with Crippen molar-refractivity contribution in [3.63, 3.8) is 0 Å². The van der Waals surface area contributed by atoms with Crippen LogP contribution >= 0.6 is 35.6 Å². The fourth-order valence-electron chi connectivity index (χ4n) is 1.95. The minimum atomic E-state index is 0.345. The third-order valence-electron chi connectivity index (χ3n) is 2.80. The molecule has 0 saturated carbocycles. The summed E-state index contributed by atoms with van der Waals surface area (Å²) in [4.78, 5) is 0.345. The number of benzene rings is 1. The molecular formula is C12H15ClN2S2. The number of thioether (sulfide) groups is 1. The Morgan fingerprint density at radius 2 is 2.41 bits per heavy atom. The minimum Gasteiger partial charge on any atom is -0.389 e. The van der Waals surface area contributed by atoms with Crippen LogP contribution in [0.1, 0.15) is 18.4 Å². The first-order valence-corrected chi connectivity index (χ1v) is 7.46. The minimum absolute atomic E-state index is 0.345. The summed E-state index contributed by atoms with van der Waals surface area (Å²) in [6, 6.07) is 5.69. The van der Waals surface area contributed by atoms with E-state index in [1.165, 1.54) is 18.6 Å². The number of nitrogens with two attached hydrogens (primary N) is 1. The molecule has 5 heteroatoms. The number of hydrogen-bond acceptors (Lipinski definition) is 3. The van der Waals surface area contributed by atoms with Crippen molar-refractivity contribution in [3.8, 4) is 0 Å². The van der Waals surface area contributed by atoms with Crippen molar-refractivity contribution in [2.75, 3.05) is 17.6 Å². The predicted octanol–water partition coefficient (Wildman–Crippen LogP) is 3.28. The van der Waals surface area contributed by atoms with Crippen LogP contribution < -0.4 is 11.1 Å². The first kappa shape index (κ1) is 13.0. The molecule has 0 aliphatic carbocycles. The summed E-state index contributed by atoms with van der Waals surface area (Å²) in [5.74, 6) is 1.27. The molecule has 1 unspecified atom stereocenters. The summed E-state index contributed by atoms with van der Waals surface area (Å²) in [6.45, 7) is 0.945. The Bertz CT molecular complexity index is 417. The van der Waals surface area contributed by atoms with Gasteiger partial charge in [0.1, 0.15) is 4.99 Å². The lowest BCUT2D eigenvalue weighted by molar-refractivity contribution is 0.805. The first-order chi connectivity index (χ1) is 8.18. The number of nitrogens with one attached hydrogen (secondary N) is 1. The van der Waals surface area contributed by atoms with E-state index in [0.717, 1.165) is 17.8 Å². The highest BCUT2D eigenvalue weighted by atomic mass is 35.5. The number of thiocarbonyl (C=S) groups is 1. The zero-order valence-corrected chi connectivity index (χ0v) is 11.8. The molecule has 92 valence electrons. The Balaban J connectivity index is 2.09. The largest absolute Gasteiger partial charge is 0.389 e. The Labute approximate surface area is 116 Å². The average Bonchev–Trinajstić information content (AvgIpc) is 2.78. The molecule has 2 nitrogen and oxygen atoms in total. The average molecular weight is 287 g/mol. The number of rotatable bonds is 4. The van der Waals surface area contributed by atoms with Crippen LogP contribution in [0, 0.1) is 0 Å². The van der Waals surface area contributed by atoms with Crippen molar-refractivity contribution >= 4 is 46.3 Å². The van der Waals surface area contributed by atoms with Crippen molar-refractivity contribution in [1.29, 1.82) is 0 Å². The van der Waals surface area contributed by atoms with Crippen molar-refractivity contribution in [1.82, 2.24) is 0 Å². The van der Waals surface area contributed by atoms with Crippen LogP contribution in [0.2, 0.25) is 5.02 Å². The molecule has 0 spiro atoms. The molecule has 1 aliphatic rings. The SMILES string of the molecule is NC(=S)c1c(Cl)cccc1NCC1CCCS1. The molecule has 0 amide bonds. The first-order valence-electron chi connectivity index (χ1n) is 5.62. The quantitative estimate of drug-likeness (QED) is 0.833. The van der Waals surface area contributed by atoms with E-state index in [9.17, 15) is 0 Å². The summed E-state index contributed by atoms with van der Waals surface area (Å²) in [5.41, 5.74) is 7.40. The fraction of sp³-hybridized carbons (Fsp3) is 0.417. The van der Waals surface area contributed by atoms with Gasteiger partial charge in [0.2, 0.25) is 0 Å². The van der Waals surface area contributed by atoms with Crippen LogP contribution in [0.5, 0.6) is 0 Å². The molecule has 1 atom stereocenters. The van der Waals surface area contributed by atoms with Crippen molar-refractivity contribution in [2.45, 2.75) is 18.1 Å². The van der Waals surface area contributed by atoms with Gasteiger partial charge in [0.25, 0.3) is 0 Å². The standard InChI is InChI=1S/C12H15ClN2S2/c13-9-4-1-5-10(11(9)12(14)16)15-7-8-3-2-6-17-8/h1,4-5,8,15H,2-3,6-7H2,(H2,14,16). The summed E-state index contributed by atoms with van der Waals surface area (Å²) in [6.07, 6.45) is 2.59. The van der Waals surface area contributed by atoms with E-state index in [0.29, 0.717) is 15.3 Å². The van der Waals surface area contributed by atoms with E-state index in [1.54, 1.807) is 0 Å². The zero-order chi connectivity index (χ0) is 12.3. The van der Waals surface area contributed by atoms with E-state index in [1.807, 2.05) is 30.0 Å². The van der Waals surface area contributed by atoms with Crippen LogP contribution in [0.15, 0.2) is 18.2 Å². The Morgan fingerprint density at radius 3 is 3.06 bits per heavy atom. The van der Waals surface area contributed by atoms with Gasteiger partial charge < -0.3 is 11.1 Å². The molecule has 1 saturated heterocycles. The van der Waals surface area contributed by atoms with Gasteiger partial charge in [-0.2, -0.15) is 11.8 Å². The molecule has 0 bridgehead atoms. The summed E-state index contributed by atoms with van der Waals surface area (Å²) < 4.78 is 0. The van der Waals surface area contributed by atoms with E-state index >= 15 is 0 Å². The highest BCUT2D eigenvalue weighted by Gasteiger charge is 2.16. The third-order valence-corrected chi connectivity index (χ3v) is 4.72. The van der Waals surface area contributed by atoms with E-state index in [-0.39, 0.29) is 0 Å². The lowest BCUT2D eigenvalue weighted by atomic mass is 10.1. The predicted molar refractivity (Wildman–Crippen MR) is 81.3 cm³/mol. The molecular weight excluding hydrogens is 272 g/mol. The van der Waals surface area contributed by atoms with Gasteiger partial charge >= 0.3 is 0 Å². The van der Waals surface area contributed by atoms with E-state index in [2.05, 4.69) is 5.32 Å². The molecule has 0 radical (unpaired) electrons. The second-order valence-corrected chi connectivity index (χ2v) is 6.30. The summed E-state index contributed by atoms with van der Waals surface area (Å²) >= 11 is 13.2. The number of anilines is 1. The molecule has 1 aliphatic heterocycles. The van der Waals surface area contributed by atoms with Gasteiger partial charge in [-0.25, -0.2) is 0 Å². The number of hydrogen-bond donors (Lipinski definition) is 2. The highest BCUT2D eigenvalue weighted by Crippen LogP contribution is 2.28. The lowest BCUT2D eigenvalue weighted by Gasteiger charge is -2.15. The van der Waals surface area contributed by atoms with Crippen LogP contribution in [-0.2, 0) is 0 Å². The van der Waals surface area contributed by atoms with Crippen LogP contribution in [0.3, 0.4) is 0 Å². The lowest BCUT2D eigenvalue weighted by Crippen LogP contribution is -2.18. The molecule has 1 aromatic carbocycles. The van der Waals surface area contributed by atoms with Gasteiger partial charge in [0.15, 0.2) is 0 Å². The monoisotopic (exact) mass is 286 g/mol. The van der Waals surface area contributed by atoms with Gasteiger partial charge in [-0.05, 0) is 30.7 Å². The fourth-order valence-corrected chi connectivity index (χ4v) is 3.70. The third kappa shape index (κ3) is 3.27. The molecule has 2 rings (SSSR count). The maximum absolute atomic E-state index is 6.11. The van der Waals surface area contributed by atoms with Crippen LogP contribution in [0.25, 0.3) is 0 Å². The van der Waals surface area contributed by atoms with Crippen molar-refractivity contribution < 1.29 is 0 Å². The Hall–Kier alpha value is -0.450. The maximum Gasteiger partial charge on any atom is 0.107 e. The van der Waals surface area contributed by atoms with Gasteiger partial charge in [-0.3, -0.25) is 0 Å². The second kappa shape index (κ2) is 5.94. The van der Waals surface area contributed by atoms with Crippen LogP contribution in [-0.4, -0.2) is 22.5 Å². The molecule has 1 fully saturated rings. The van der Waals surface area contributed by atoms with E-state index < -0.39 is 0 Å². The summed E-state index contributed by atoms with van der Waals surface area (Å²) in [7, 11) is 0. The molecule has 17 heavy (non-hydrogen) atoms. The number of halogens is 1.